The Bertz CT molecular complexity index is 716. The molecule has 24 heavy (non-hydrogen) atoms. The smallest absolute Gasteiger partial charge is 0.162 e. The second-order valence-electron chi connectivity index (χ2n) is 6.89. The summed E-state index contributed by atoms with van der Waals surface area (Å²) in [4.78, 5) is 0. The van der Waals surface area contributed by atoms with Crippen LogP contribution < -0.4 is 10.1 Å². The minimum absolute atomic E-state index is 0.0381. The topological polar surface area (TPSA) is 91.2 Å². The zero-order chi connectivity index (χ0) is 17.1. The number of hydrogen-bond donors (Lipinski definition) is 4. The first kappa shape index (κ1) is 15.7. The molecule has 0 saturated carbocycles. The van der Waals surface area contributed by atoms with Crippen molar-refractivity contribution >= 4 is 0 Å². The molecular formula is C18H23NO5. The number of methoxy groups -OCH3 is 2. The minimum Gasteiger partial charge on any atom is -0.504 e. The molecule has 0 spiro atoms. The van der Waals surface area contributed by atoms with Crippen LogP contribution in [-0.2, 0) is 16.6 Å². The maximum absolute atomic E-state index is 10.8. The maximum atomic E-state index is 10.8. The average molecular weight is 333 g/mol. The van der Waals surface area contributed by atoms with Crippen molar-refractivity contribution in [1.82, 2.24) is 5.32 Å². The van der Waals surface area contributed by atoms with E-state index >= 15 is 0 Å². The minimum atomic E-state index is -1.03. The first-order valence-corrected chi connectivity index (χ1v) is 8.31. The third kappa shape index (κ3) is 1.87. The fourth-order valence-corrected chi connectivity index (χ4v) is 4.92. The van der Waals surface area contributed by atoms with Crippen LogP contribution in [0.2, 0.25) is 0 Å². The van der Waals surface area contributed by atoms with E-state index in [-0.39, 0.29) is 11.8 Å². The van der Waals surface area contributed by atoms with E-state index in [2.05, 4.69) is 5.32 Å². The molecule has 0 amide bonds. The molecule has 1 aromatic carbocycles. The fourth-order valence-electron chi connectivity index (χ4n) is 4.92. The van der Waals surface area contributed by atoms with E-state index in [0.29, 0.717) is 24.4 Å². The van der Waals surface area contributed by atoms with Gasteiger partial charge in [0.2, 0.25) is 0 Å². The normalized spacial score (nSPS) is 34.4. The lowest BCUT2D eigenvalue weighted by molar-refractivity contribution is -0.0260. The summed E-state index contributed by atoms with van der Waals surface area (Å²) in [7, 11) is 3.05. The Morgan fingerprint density at radius 3 is 2.71 bits per heavy atom. The largest absolute Gasteiger partial charge is 0.504 e. The molecule has 3 aliphatic rings. The highest BCUT2D eigenvalue weighted by molar-refractivity contribution is 5.62. The Kier molecular flexibility index (Phi) is 3.53. The van der Waals surface area contributed by atoms with Crippen molar-refractivity contribution in [1.29, 1.82) is 0 Å². The molecule has 0 radical (unpaired) electrons. The standard InChI is InChI=1S/C18H23NO5/c1-23-12-4-3-9-7-10-14-17(24-2)15(21)11(20)8-18(14,5-6-19-10)13(9)16(12)22/h3-4,10-11,15,19-22H,5-8H2,1-2H3/t10-,11+,15-,18-/m1/s1. The molecule has 0 unspecified atom stereocenters. The van der Waals surface area contributed by atoms with E-state index in [1.54, 1.807) is 6.07 Å². The van der Waals surface area contributed by atoms with Gasteiger partial charge in [-0.2, -0.15) is 0 Å². The summed E-state index contributed by atoms with van der Waals surface area (Å²) < 4.78 is 10.8. The number of fused-ring (bicyclic) bond motifs is 1. The summed E-state index contributed by atoms with van der Waals surface area (Å²) in [5, 5.41) is 35.2. The zero-order valence-electron chi connectivity index (χ0n) is 13.9. The Morgan fingerprint density at radius 2 is 2.00 bits per heavy atom. The van der Waals surface area contributed by atoms with Crippen molar-refractivity contribution in [3.63, 3.8) is 0 Å². The first-order valence-electron chi connectivity index (χ1n) is 8.31. The van der Waals surface area contributed by atoms with Crippen LogP contribution in [0.5, 0.6) is 11.5 Å². The van der Waals surface area contributed by atoms with Crippen molar-refractivity contribution < 1.29 is 24.8 Å². The molecule has 6 heteroatoms. The molecule has 0 aromatic heterocycles. The van der Waals surface area contributed by atoms with Crippen LogP contribution in [0.3, 0.4) is 0 Å². The van der Waals surface area contributed by atoms with Crippen molar-refractivity contribution in [3.05, 3.63) is 34.6 Å². The molecule has 4 atom stereocenters. The molecule has 1 saturated heterocycles. The third-order valence-corrected chi connectivity index (χ3v) is 5.83. The van der Waals surface area contributed by atoms with E-state index in [1.165, 1.54) is 14.2 Å². The second kappa shape index (κ2) is 5.37. The van der Waals surface area contributed by atoms with E-state index in [0.717, 1.165) is 29.7 Å². The highest BCUT2D eigenvalue weighted by Crippen LogP contribution is 2.57. The van der Waals surface area contributed by atoms with Gasteiger partial charge in [0.25, 0.3) is 0 Å². The van der Waals surface area contributed by atoms with E-state index in [4.69, 9.17) is 9.47 Å². The SMILES string of the molecule is COC1=C2[C@H]3Cc4ccc(OC)c(O)c4[C@@]2(CCN3)C[C@H](O)[C@H]1O. The molecular weight excluding hydrogens is 310 g/mol. The number of phenols is 1. The fraction of sp³-hybridized carbons (Fsp3) is 0.556. The van der Waals surface area contributed by atoms with Gasteiger partial charge in [-0.05, 0) is 43.0 Å². The Balaban J connectivity index is 2.04. The quantitative estimate of drug-likeness (QED) is 0.633. The lowest BCUT2D eigenvalue weighted by Crippen LogP contribution is -2.59. The van der Waals surface area contributed by atoms with Gasteiger partial charge in [0.1, 0.15) is 11.9 Å². The van der Waals surface area contributed by atoms with Gasteiger partial charge in [0.15, 0.2) is 11.5 Å². The van der Waals surface area contributed by atoms with Gasteiger partial charge in [-0.25, -0.2) is 0 Å². The van der Waals surface area contributed by atoms with Crippen LogP contribution >= 0.6 is 0 Å². The van der Waals surface area contributed by atoms with Crippen LogP contribution in [0.4, 0.5) is 0 Å². The third-order valence-electron chi connectivity index (χ3n) is 5.83. The van der Waals surface area contributed by atoms with Gasteiger partial charge >= 0.3 is 0 Å². The predicted octanol–water partition coefficient (Wildman–Crippen LogP) is 0.583. The second-order valence-corrected chi connectivity index (χ2v) is 6.89. The molecule has 1 aromatic rings. The lowest BCUT2D eigenvalue weighted by Gasteiger charge is -2.53. The predicted molar refractivity (Wildman–Crippen MR) is 87.1 cm³/mol. The van der Waals surface area contributed by atoms with E-state index in [1.807, 2.05) is 6.07 Å². The van der Waals surface area contributed by atoms with Gasteiger partial charge in [0, 0.05) is 17.0 Å². The number of aliphatic hydroxyl groups is 2. The number of phenolic OH excluding ortho intramolecular Hbond substituents is 1. The number of rotatable bonds is 2. The molecule has 1 aliphatic heterocycles. The first-order chi connectivity index (χ1) is 11.5. The molecule has 6 nitrogen and oxygen atoms in total. The van der Waals surface area contributed by atoms with E-state index < -0.39 is 17.6 Å². The van der Waals surface area contributed by atoms with Crippen molar-refractivity contribution in [2.24, 2.45) is 0 Å². The van der Waals surface area contributed by atoms with Gasteiger partial charge in [-0.3, -0.25) is 0 Å². The lowest BCUT2D eigenvalue weighted by atomic mass is 9.55. The number of ether oxygens (including phenoxy) is 2. The molecule has 130 valence electrons. The molecule has 4 rings (SSSR count). The Hall–Kier alpha value is -1.76. The van der Waals surface area contributed by atoms with E-state index in [9.17, 15) is 15.3 Å². The van der Waals surface area contributed by atoms with Gasteiger partial charge < -0.3 is 30.1 Å². The molecule has 1 fully saturated rings. The number of piperidine rings is 1. The van der Waals surface area contributed by atoms with Gasteiger partial charge in [-0.15, -0.1) is 0 Å². The van der Waals surface area contributed by atoms with Crippen LogP contribution in [0.25, 0.3) is 0 Å². The molecule has 1 heterocycles. The summed E-state index contributed by atoms with van der Waals surface area (Å²) in [6.07, 6.45) is -0.167. The van der Waals surface area contributed by atoms with Crippen LogP contribution in [0, 0.1) is 0 Å². The van der Waals surface area contributed by atoms with Gasteiger partial charge in [0.05, 0.1) is 20.3 Å². The molecule has 2 bridgehead atoms. The zero-order valence-corrected chi connectivity index (χ0v) is 13.9. The Morgan fingerprint density at radius 1 is 1.21 bits per heavy atom. The average Bonchev–Trinajstić information content (AvgIpc) is 2.55. The number of aliphatic hydroxyl groups excluding tert-OH is 2. The summed E-state index contributed by atoms with van der Waals surface area (Å²) in [6.45, 7) is 0.782. The maximum Gasteiger partial charge on any atom is 0.162 e. The summed E-state index contributed by atoms with van der Waals surface area (Å²) in [6, 6.07) is 3.80. The van der Waals surface area contributed by atoms with Crippen LogP contribution in [-0.4, -0.2) is 54.3 Å². The number of nitrogens with one attached hydrogen (secondary N) is 1. The molecule has 4 N–H and O–H groups in total. The van der Waals surface area contributed by atoms with Gasteiger partial charge in [-0.1, -0.05) is 6.07 Å². The summed E-state index contributed by atoms with van der Waals surface area (Å²) in [5.74, 6) is 0.991. The monoisotopic (exact) mass is 333 g/mol. The highest BCUT2D eigenvalue weighted by Gasteiger charge is 2.55. The summed E-state index contributed by atoms with van der Waals surface area (Å²) in [5.41, 5.74) is 2.29. The number of hydrogen-bond acceptors (Lipinski definition) is 6. The highest BCUT2D eigenvalue weighted by atomic mass is 16.5. The summed E-state index contributed by atoms with van der Waals surface area (Å²) >= 11 is 0. The molecule has 2 aliphatic carbocycles. The van der Waals surface area contributed by atoms with Crippen molar-refractivity contribution in [2.75, 3.05) is 20.8 Å². The van der Waals surface area contributed by atoms with Crippen molar-refractivity contribution in [2.45, 2.75) is 42.9 Å². The van der Waals surface area contributed by atoms with Crippen molar-refractivity contribution in [3.8, 4) is 11.5 Å². The number of benzene rings is 1. The van der Waals surface area contributed by atoms with Crippen LogP contribution in [0.15, 0.2) is 23.5 Å². The number of aromatic hydroxyl groups is 1. The van der Waals surface area contributed by atoms with Crippen LogP contribution in [0.1, 0.15) is 24.0 Å². The Labute approximate surface area is 140 Å².